The molecule has 0 unspecified atom stereocenters. The number of rotatable bonds is 3. The molecule has 2 nitrogen and oxygen atoms in total. The molecule has 0 saturated heterocycles. The Morgan fingerprint density at radius 1 is 1.25 bits per heavy atom. The molecule has 1 aliphatic carbocycles. The summed E-state index contributed by atoms with van der Waals surface area (Å²) in [6, 6.07) is 3.50. The molecule has 1 aromatic carbocycles. The lowest BCUT2D eigenvalue weighted by Gasteiger charge is -2.12. The van der Waals surface area contributed by atoms with Gasteiger partial charge in [-0.2, -0.15) is 0 Å². The van der Waals surface area contributed by atoms with E-state index in [1.165, 1.54) is 17.7 Å². The zero-order chi connectivity index (χ0) is 11.7. The Hall–Kier alpha value is -1.42. The summed E-state index contributed by atoms with van der Waals surface area (Å²) < 4.78 is 25.6. The van der Waals surface area contributed by atoms with Crippen LogP contribution in [0.3, 0.4) is 0 Å². The minimum absolute atomic E-state index is 0.303. The lowest BCUT2D eigenvalue weighted by atomic mass is 10.0. The molecule has 4 heteroatoms. The van der Waals surface area contributed by atoms with Crippen molar-refractivity contribution in [1.29, 1.82) is 0 Å². The lowest BCUT2D eigenvalue weighted by Crippen LogP contribution is -2.30. The first-order valence-electron chi connectivity index (χ1n) is 5.25. The van der Waals surface area contributed by atoms with E-state index in [9.17, 15) is 8.78 Å². The molecular weight excluding hydrogens is 210 g/mol. The number of benzene rings is 1. The first-order chi connectivity index (χ1) is 7.58. The van der Waals surface area contributed by atoms with Gasteiger partial charge in [-0.1, -0.05) is 6.07 Å². The summed E-state index contributed by atoms with van der Waals surface area (Å²) in [5.41, 5.74) is 14.3. The van der Waals surface area contributed by atoms with Gasteiger partial charge in [0, 0.05) is 11.7 Å². The van der Waals surface area contributed by atoms with Gasteiger partial charge in [-0.3, -0.25) is 0 Å². The highest BCUT2D eigenvalue weighted by atomic mass is 19.2. The number of halogens is 2. The molecule has 1 atom stereocenters. The molecule has 2 rings (SSSR count). The molecule has 0 aromatic heterocycles. The van der Waals surface area contributed by atoms with Crippen molar-refractivity contribution in [2.24, 2.45) is 11.5 Å². The highest BCUT2D eigenvalue weighted by Crippen LogP contribution is 2.30. The van der Waals surface area contributed by atoms with E-state index < -0.39 is 11.6 Å². The van der Waals surface area contributed by atoms with E-state index in [0.717, 1.165) is 18.9 Å². The predicted octanol–water partition coefficient (Wildman–Crippen LogP) is 1.84. The van der Waals surface area contributed by atoms with Gasteiger partial charge in [-0.15, -0.1) is 0 Å². The van der Waals surface area contributed by atoms with Gasteiger partial charge in [0.2, 0.25) is 0 Å². The molecule has 86 valence electrons. The molecule has 1 aromatic rings. The van der Waals surface area contributed by atoms with Crippen LogP contribution in [0.25, 0.3) is 0 Å². The Morgan fingerprint density at radius 3 is 2.50 bits per heavy atom. The molecule has 0 bridgehead atoms. The van der Waals surface area contributed by atoms with Gasteiger partial charge in [0.25, 0.3) is 0 Å². The van der Waals surface area contributed by atoms with Gasteiger partial charge in [-0.25, -0.2) is 8.78 Å². The van der Waals surface area contributed by atoms with Crippen molar-refractivity contribution in [1.82, 2.24) is 0 Å². The quantitative estimate of drug-likeness (QED) is 0.823. The SMILES string of the molecule is NC(=C1CC1)[C@H](N)Cc1ccc(F)c(F)c1. The van der Waals surface area contributed by atoms with Gasteiger partial charge >= 0.3 is 0 Å². The van der Waals surface area contributed by atoms with Gasteiger partial charge in [0.15, 0.2) is 11.6 Å². The van der Waals surface area contributed by atoms with Crippen LogP contribution in [0.1, 0.15) is 18.4 Å². The average Bonchev–Trinajstić information content (AvgIpc) is 3.06. The van der Waals surface area contributed by atoms with E-state index in [1.54, 1.807) is 0 Å². The first kappa shape index (κ1) is 11.1. The molecule has 1 saturated carbocycles. The van der Waals surface area contributed by atoms with Crippen LogP contribution in [0.4, 0.5) is 8.78 Å². The maximum absolute atomic E-state index is 12.9. The minimum atomic E-state index is -0.845. The minimum Gasteiger partial charge on any atom is -0.401 e. The predicted molar refractivity (Wildman–Crippen MR) is 58.5 cm³/mol. The topological polar surface area (TPSA) is 52.0 Å². The molecule has 0 amide bonds. The van der Waals surface area contributed by atoms with Crippen molar-refractivity contribution in [3.63, 3.8) is 0 Å². The summed E-state index contributed by atoms with van der Waals surface area (Å²) in [7, 11) is 0. The molecule has 0 aliphatic heterocycles. The van der Waals surface area contributed by atoms with Crippen molar-refractivity contribution < 1.29 is 8.78 Å². The number of allylic oxidation sites excluding steroid dienone is 1. The summed E-state index contributed by atoms with van der Waals surface area (Å²) in [5, 5.41) is 0. The van der Waals surface area contributed by atoms with Crippen LogP contribution < -0.4 is 11.5 Å². The van der Waals surface area contributed by atoms with Crippen molar-refractivity contribution in [3.8, 4) is 0 Å². The van der Waals surface area contributed by atoms with Crippen LogP contribution in [0.5, 0.6) is 0 Å². The Labute approximate surface area is 92.9 Å². The van der Waals surface area contributed by atoms with E-state index in [2.05, 4.69) is 0 Å². The molecule has 0 heterocycles. The normalized spacial score (nSPS) is 16.1. The average molecular weight is 224 g/mol. The van der Waals surface area contributed by atoms with Crippen molar-refractivity contribution >= 4 is 0 Å². The highest BCUT2D eigenvalue weighted by Gasteiger charge is 2.20. The molecule has 1 aliphatic rings. The van der Waals surface area contributed by atoms with Crippen LogP contribution >= 0.6 is 0 Å². The Kier molecular flexibility index (Phi) is 2.92. The monoisotopic (exact) mass is 224 g/mol. The molecule has 1 fully saturated rings. The highest BCUT2D eigenvalue weighted by molar-refractivity contribution is 5.29. The van der Waals surface area contributed by atoms with Crippen LogP contribution in [0.15, 0.2) is 29.5 Å². The number of hydrogen-bond donors (Lipinski definition) is 2. The van der Waals surface area contributed by atoms with Gasteiger partial charge in [0.1, 0.15) is 0 Å². The van der Waals surface area contributed by atoms with Crippen LogP contribution in [-0.4, -0.2) is 6.04 Å². The molecule has 16 heavy (non-hydrogen) atoms. The second kappa shape index (κ2) is 4.22. The molecule has 4 N–H and O–H groups in total. The van der Waals surface area contributed by atoms with Crippen LogP contribution in [-0.2, 0) is 6.42 Å². The fourth-order valence-electron chi connectivity index (χ4n) is 1.64. The third-order valence-electron chi connectivity index (χ3n) is 2.75. The summed E-state index contributed by atoms with van der Waals surface area (Å²) in [6.45, 7) is 0. The molecule has 0 spiro atoms. The smallest absolute Gasteiger partial charge is 0.159 e. The first-order valence-corrected chi connectivity index (χ1v) is 5.25. The van der Waals surface area contributed by atoms with E-state index in [4.69, 9.17) is 11.5 Å². The third-order valence-corrected chi connectivity index (χ3v) is 2.75. The van der Waals surface area contributed by atoms with E-state index in [0.29, 0.717) is 17.7 Å². The summed E-state index contributed by atoms with van der Waals surface area (Å²) >= 11 is 0. The van der Waals surface area contributed by atoms with Gasteiger partial charge in [-0.05, 0) is 42.5 Å². The fourth-order valence-corrected chi connectivity index (χ4v) is 1.64. The van der Waals surface area contributed by atoms with Crippen LogP contribution in [0, 0.1) is 11.6 Å². The Bertz CT molecular complexity index is 435. The number of nitrogens with two attached hydrogens (primary N) is 2. The van der Waals surface area contributed by atoms with E-state index in [1.807, 2.05) is 0 Å². The van der Waals surface area contributed by atoms with Crippen molar-refractivity contribution in [2.75, 3.05) is 0 Å². The summed E-state index contributed by atoms with van der Waals surface area (Å²) in [5.74, 6) is -1.69. The Balaban J connectivity index is 2.09. The number of hydrogen-bond acceptors (Lipinski definition) is 2. The second-order valence-electron chi connectivity index (χ2n) is 4.12. The zero-order valence-corrected chi connectivity index (χ0v) is 8.84. The third kappa shape index (κ3) is 2.39. The Morgan fingerprint density at radius 2 is 1.94 bits per heavy atom. The van der Waals surface area contributed by atoms with Crippen LogP contribution in [0.2, 0.25) is 0 Å². The van der Waals surface area contributed by atoms with E-state index >= 15 is 0 Å². The molecular formula is C12H14F2N2. The standard InChI is InChI=1S/C12H14F2N2/c13-9-4-1-7(5-10(9)14)6-11(15)12(16)8-2-3-8/h1,4-5,11H,2-3,6,15-16H2/t11-/m1/s1. The van der Waals surface area contributed by atoms with Gasteiger partial charge < -0.3 is 11.5 Å². The van der Waals surface area contributed by atoms with E-state index in [-0.39, 0.29) is 6.04 Å². The maximum Gasteiger partial charge on any atom is 0.159 e. The zero-order valence-electron chi connectivity index (χ0n) is 8.84. The van der Waals surface area contributed by atoms with Crippen molar-refractivity contribution in [3.05, 3.63) is 46.7 Å². The van der Waals surface area contributed by atoms with Crippen molar-refractivity contribution in [2.45, 2.75) is 25.3 Å². The van der Waals surface area contributed by atoms with Gasteiger partial charge in [0.05, 0.1) is 0 Å². The summed E-state index contributed by atoms with van der Waals surface area (Å²) in [4.78, 5) is 0. The maximum atomic E-state index is 12.9. The summed E-state index contributed by atoms with van der Waals surface area (Å²) in [6.07, 6.45) is 2.46. The largest absolute Gasteiger partial charge is 0.401 e. The second-order valence-corrected chi connectivity index (χ2v) is 4.12. The molecule has 0 radical (unpaired) electrons. The fraction of sp³-hybridized carbons (Fsp3) is 0.333. The lowest BCUT2D eigenvalue weighted by molar-refractivity contribution is 0.506.